The molecule has 0 fully saturated rings. The number of aromatic nitrogens is 2. The van der Waals surface area contributed by atoms with E-state index >= 15 is 0 Å². The predicted octanol–water partition coefficient (Wildman–Crippen LogP) is 6.22. The molecule has 1 N–H and O–H groups in total. The second kappa shape index (κ2) is 11.7. The fourth-order valence-electron chi connectivity index (χ4n) is 3.91. The summed E-state index contributed by atoms with van der Waals surface area (Å²) in [4.78, 5) is 17.2. The number of fused-ring (bicyclic) bond motifs is 1. The number of benzene rings is 3. The summed E-state index contributed by atoms with van der Waals surface area (Å²) in [6.07, 6.45) is 3.58. The first-order valence-corrected chi connectivity index (χ1v) is 12.2. The van der Waals surface area contributed by atoms with E-state index in [1.807, 2.05) is 61.5 Å². The topological polar surface area (TPSA) is 56.2 Å². The van der Waals surface area contributed by atoms with E-state index in [0.29, 0.717) is 23.7 Å². The third-order valence-electron chi connectivity index (χ3n) is 5.77. The van der Waals surface area contributed by atoms with Crippen molar-refractivity contribution in [3.8, 4) is 5.75 Å². The van der Waals surface area contributed by atoms with Crippen molar-refractivity contribution in [2.45, 2.75) is 39.2 Å². The summed E-state index contributed by atoms with van der Waals surface area (Å²) in [5.74, 6) is 1.87. The van der Waals surface area contributed by atoms with E-state index in [1.54, 1.807) is 0 Å². The zero-order chi connectivity index (χ0) is 23.8. The molecule has 3 aromatic carbocycles. The average Bonchev–Trinajstić information content (AvgIpc) is 3.20. The standard InChI is InChI=1S/C28H30ClN3O2/c1-21-10-12-22(13-11-21)28(33)30-18-6-9-27-31-25-7-2-3-8-26(25)32(27)19-4-5-20-34-24-16-14-23(29)15-17-24/h2-3,7-8,10-17H,4-6,9,18-20H2,1H3,(H,30,33). The molecule has 0 saturated carbocycles. The maximum atomic E-state index is 12.3. The summed E-state index contributed by atoms with van der Waals surface area (Å²) < 4.78 is 8.12. The number of para-hydroxylation sites is 2. The highest BCUT2D eigenvalue weighted by Crippen LogP contribution is 2.19. The summed E-state index contributed by atoms with van der Waals surface area (Å²) in [5, 5.41) is 3.73. The van der Waals surface area contributed by atoms with Gasteiger partial charge in [-0.05, 0) is 74.7 Å². The van der Waals surface area contributed by atoms with E-state index in [0.717, 1.165) is 60.4 Å². The van der Waals surface area contributed by atoms with Crippen LogP contribution in [-0.2, 0) is 13.0 Å². The molecular weight excluding hydrogens is 446 g/mol. The molecule has 1 heterocycles. The number of carbonyl (C=O) groups excluding carboxylic acids is 1. The first-order valence-electron chi connectivity index (χ1n) is 11.8. The van der Waals surface area contributed by atoms with Crippen LogP contribution in [0, 0.1) is 6.92 Å². The van der Waals surface area contributed by atoms with Crippen LogP contribution < -0.4 is 10.1 Å². The van der Waals surface area contributed by atoms with Crippen LogP contribution >= 0.6 is 11.6 Å². The van der Waals surface area contributed by atoms with Crippen LogP contribution in [-0.4, -0.2) is 28.6 Å². The highest BCUT2D eigenvalue weighted by molar-refractivity contribution is 6.30. The minimum Gasteiger partial charge on any atom is -0.494 e. The lowest BCUT2D eigenvalue weighted by Gasteiger charge is -2.11. The molecule has 0 bridgehead atoms. The summed E-state index contributed by atoms with van der Waals surface area (Å²) in [6, 6.07) is 23.3. The Bertz CT molecular complexity index is 1220. The lowest BCUT2D eigenvalue weighted by Crippen LogP contribution is -2.25. The molecule has 0 aliphatic carbocycles. The Morgan fingerprint density at radius 3 is 2.53 bits per heavy atom. The molecular formula is C28H30ClN3O2. The Kier molecular flexibility index (Phi) is 8.21. The summed E-state index contributed by atoms with van der Waals surface area (Å²) >= 11 is 5.92. The van der Waals surface area contributed by atoms with Gasteiger partial charge < -0.3 is 14.6 Å². The zero-order valence-electron chi connectivity index (χ0n) is 19.5. The van der Waals surface area contributed by atoms with Gasteiger partial charge in [0.05, 0.1) is 17.6 Å². The van der Waals surface area contributed by atoms with Crippen molar-refractivity contribution >= 4 is 28.5 Å². The maximum absolute atomic E-state index is 12.3. The molecule has 0 atom stereocenters. The van der Waals surface area contributed by atoms with E-state index in [9.17, 15) is 4.79 Å². The number of imidazole rings is 1. The van der Waals surface area contributed by atoms with Gasteiger partial charge in [-0.1, -0.05) is 41.4 Å². The van der Waals surface area contributed by atoms with Crippen molar-refractivity contribution in [2.75, 3.05) is 13.2 Å². The normalized spacial score (nSPS) is 11.0. The molecule has 4 aromatic rings. The Labute approximate surface area is 205 Å². The van der Waals surface area contributed by atoms with Gasteiger partial charge in [-0.25, -0.2) is 4.98 Å². The molecule has 1 amide bonds. The highest BCUT2D eigenvalue weighted by atomic mass is 35.5. The van der Waals surface area contributed by atoms with Gasteiger partial charge >= 0.3 is 0 Å². The number of hydrogen-bond donors (Lipinski definition) is 1. The smallest absolute Gasteiger partial charge is 0.251 e. The number of rotatable bonds is 11. The molecule has 0 aliphatic rings. The van der Waals surface area contributed by atoms with Crippen molar-refractivity contribution in [3.63, 3.8) is 0 Å². The van der Waals surface area contributed by atoms with Gasteiger partial charge in [0.1, 0.15) is 11.6 Å². The van der Waals surface area contributed by atoms with Crippen molar-refractivity contribution < 1.29 is 9.53 Å². The number of halogens is 1. The van der Waals surface area contributed by atoms with Crippen LogP contribution in [0.15, 0.2) is 72.8 Å². The molecule has 0 unspecified atom stereocenters. The number of hydrogen-bond acceptors (Lipinski definition) is 3. The zero-order valence-corrected chi connectivity index (χ0v) is 20.2. The Morgan fingerprint density at radius 2 is 1.74 bits per heavy atom. The van der Waals surface area contributed by atoms with Crippen LogP contribution in [0.3, 0.4) is 0 Å². The predicted molar refractivity (Wildman–Crippen MR) is 138 cm³/mol. The molecule has 34 heavy (non-hydrogen) atoms. The van der Waals surface area contributed by atoms with E-state index < -0.39 is 0 Å². The van der Waals surface area contributed by atoms with Gasteiger partial charge in [-0.3, -0.25) is 4.79 Å². The lowest BCUT2D eigenvalue weighted by atomic mass is 10.1. The minimum atomic E-state index is -0.0332. The largest absolute Gasteiger partial charge is 0.494 e. The lowest BCUT2D eigenvalue weighted by molar-refractivity contribution is 0.0953. The summed E-state index contributed by atoms with van der Waals surface area (Å²) in [6.45, 7) is 4.18. The number of ether oxygens (including phenoxy) is 1. The first-order chi connectivity index (χ1) is 16.6. The van der Waals surface area contributed by atoms with E-state index in [4.69, 9.17) is 21.3 Å². The van der Waals surface area contributed by atoms with Crippen molar-refractivity contribution in [2.24, 2.45) is 0 Å². The van der Waals surface area contributed by atoms with Crippen molar-refractivity contribution in [1.82, 2.24) is 14.9 Å². The van der Waals surface area contributed by atoms with Crippen LogP contribution in [0.2, 0.25) is 5.02 Å². The molecule has 5 nitrogen and oxygen atoms in total. The molecule has 0 radical (unpaired) electrons. The summed E-state index contributed by atoms with van der Waals surface area (Å²) in [7, 11) is 0. The molecule has 0 spiro atoms. The van der Waals surface area contributed by atoms with Gasteiger partial charge in [-0.15, -0.1) is 0 Å². The van der Waals surface area contributed by atoms with Crippen LogP contribution in [0.5, 0.6) is 5.75 Å². The van der Waals surface area contributed by atoms with Gasteiger partial charge in [0.25, 0.3) is 5.91 Å². The van der Waals surface area contributed by atoms with Crippen LogP contribution in [0.4, 0.5) is 0 Å². The van der Waals surface area contributed by atoms with E-state index in [1.165, 1.54) is 0 Å². The Morgan fingerprint density at radius 1 is 0.971 bits per heavy atom. The average molecular weight is 476 g/mol. The fraction of sp³-hybridized carbons (Fsp3) is 0.286. The van der Waals surface area contributed by atoms with Crippen molar-refractivity contribution in [1.29, 1.82) is 0 Å². The molecule has 6 heteroatoms. The number of amides is 1. The van der Waals surface area contributed by atoms with E-state index in [2.05, 4.69) is 28.1 Å². The van der Waals surface area contributed by atoms with Gasteiger partial charge in [0, 0.05) is 30.1 Å². The van der Waals surface area contributed by atoms with Gasteiger partial charge in [0.2, 0.25) is 0 Å². The fourth-order valence-corrected chi connectivity index (χ4v) is 4.04. The van der Waals surface area contributed by atoms with E-state index in [-0.39, 0.29) is 5.91 Å². The Hall–Kier alpha value is -3.31. The SMILES string of the molecule is Cc1ccc(C(=O)NCCCc2nc3ccccc3n2CCCCOc2ccc(Cl)cc2)cc1. The summed E-state index contributed by atoms with van der Waals surface area (Å²) in [5.41, 5.74) is 4.00. The molecule has 1 aromatic heterocycles. The number of nitrogens with one attached hydrogen (secondary N) is 1. The third-order valence-corrected chi connectivity index (χ3v) is 6.02. The maximum Gasteiger partial charge on any atom is 0.251 e. The minimum absolute atomic E-state index is 0.0332. The second-order valence-electron chi connectivity index (χ2n) is 8.40. The first kappa shape index (κ1) is 23.8. The van der Waals surface area contributed by atoms with Gasteiger partial charge in [0.15, 0.2) is 0 Å². The molecule has 0 saturated heterocycles. The molecule has 176 valence electrons. The number of nitrogens with zero attached hydrogens (tertiary/aromatic N) is 2. The van der Waals surface area contributed by atoms with Crippen molar-refractivity contribution in [3.05, 3.63) is 94.8 Å². The van der Waals surface area contributed by atoms with Crippen LogP contribution in [0.1, 0.15) is 41.0 Å². The molecule has 0 aliphatic heterocycles. The highest BCUT2D eigenvalue weighted by Gasteiger charge is 2.11. The quantitative estimate of drug-likeness (QED) is 0.262. The second-order valence-corrected chi connectivity index (χ2v) is 8.84. The monoisotopic (exact) mass is 475 g/mol. The Balaban J connectivity index is 1.28. The number of aryl methyl sites for hydroxylation is 3. The number of unbranched alkanes of at least 4 members (excludes halogenated alkanes) is 1. The van der Waals surface area contributed by atoms with Gasteiger partial charge in [-0.2, -0.15) is 0 Å². The molecule has 4 rings (SSSR count). The number of carbonyl (C=O) groups is 1. The van der Waals surface area contributed by atoms with Crippen LogP contribution in [0.25, 0.3) is 11.0 Å². The third kappa shape index (κ3) is 6.39.